The van der Waals surface area contributed by atoms with Crippen molar-refractivity contribution in [3.63, 3.8) is 0 Å². The third kappa shape index (κ3) is 7.07. The van der Waals surface area contributed by atoms with Crippen molar-refractivity contribution < 1.29 is 36.6 Å². The number of nitrogens with one attached hydrogen (secondary N) is 2. The number of carbonyl (C=O) groups is 2. The Morgan fingerprint density at radius 3 is 2.51 bits per heavy atom. The summed E-state index contributed by atoms with van der Waals surface area (Å²) in [6, 6.07) is 13.6. The van der Waals surface area contributed by atoms with Gasteiger partial charge in [-0.15, -0.1) is 0 Å². The number of hydrogen-bond donors (Lipinski definition) is 2. The third-order valence-corrected chi connectivity index (χ3v) is 8.44. The van der Waals surface area contributed by atoms with Crippen LogP contribution in [-0.4, -0.2) is 60.3 Å². The highest BCUT2D eigenvalue weighted by molar-refractivity contribution is 7.92. The van der Waals surface area contributed by atoms with E-state index < -0.39 is 34.2 Å². The van der Waals surface area contributed by atoms with Gasteiger partial charge in [-0.2, -0.15) is 0 Å². The second kappa shape index (κ2) is 13.2. The number of hydrogen-bond acceptors (Lipinski definition) is 7. The Morgan fingerprint density at radius 1 is 1.07 bits per heavy atom. The lowest BCUT2D eigenvalue weighted by molar-refractivity contribution is -0.114. The van der Waals surface area contributed by atoms with Crippen molar-refractivity contribution in [2.75, 3.05) is 43.5 Å². The lowest BCUT2D eigenvalue weighted by atomic mass is 10.1. The van der Waals surface area contributed by atoms with Crippen LogP contribution >= 0.6 is 11.6 Å². The van der Waals surface area contributed by atoms with E-state index in [2.05, 4.69) is 10.6 Å². The van der Waals surface area contributed by atoms with Gasteiger partial charge in [-0.3, -0.25) is 13.9 Å². The molecule has 1 heterocycles. The lowest BCUT2D eigenvalue weighted by Gasteiger charge is -2.25. The molecule has 2 N–H and O–H groups in total. The summed E-state index contributed by atoms with van der Waals surface area (Å²) < 4.78 is 58.3. The summed E-state index contributed by atoms with van der Waals surface area (Å²) in [4.78, 5) is 25.9. The number of nitrogens with zero attached hydrogens (tertiary/aromatic N) is 1. The van der Waals surface area contributed by atoms with Gasteiger partial charge in [-0.1, -0.05) is 23.7 Å². The molecule has 1 aliphatic heterocycles. The van der Waals surface area contributed by atoms with Crippen molar-refractivity contribution in [3.05, 3.63) is 77.1 Å². The summed E-state index contributed by atoms with van der Waals surface area (Å²) >= 11 is 5.95. The third-order valence-electron chi connectivity index (χ3n) is 6.38. The number of benzene rings is 3. The van der Waals surface area contributed by atoms with Gasteiger partial charge in [0, 0.05) is 19.2 Å². The molecule has 1 atom stereocenters. The average molecular weight is 606 g/mol. The molecule has 1 aliphatic rings. The molecule has 0 saturated carbocycles. The summed E-state index contributed by atoms with van der Waals surface area (Å²) in [5.74, 6) is -1.48. The van der Waals surface area contributed by atoms with E-state index in [4.69, 9.17) is 25.8 Å². The molecule has 1 saturated heterocycles. The topological polar surface area (TPSA) is 123 Å². The standard InChI is InChI=1S/C28H29ClFN3O7S/c1-38-25-12-10-20(15-26(25)39-2)41(36,37)33(18-9-11-23(30)22(29)14-18)17-27(34)32-24-8-4-3-7-21(24)28(35)31-16-19-6-5-13-40-19/h3-4,7-12,14-15,19H,5-6,13,16-17H2,1-2H3,(H,31,35)(H,32,34). The molecule has 3 aromatic carbocycles. The van der Waals surface area contributed by atoms with Crippen LogP contribution in [0.2, 0.25) is 5.02 Å². The Balaban J connectivity index is 1.61. The second-order valence-corrected chi connectivity index (χ2v) is 11.3. The Bertz CT molecular complexity index is 1530. The number of ether oxygens (including phenoxy) is 3. The molecule has 0 bridgehead atoms. The zero-order chi connectivity index (χ0) is 29.6. The van der Waals surface area contributed by atoms with Gasteiger partial charge in [-0.25, -0.2) is 12.8 Å². The van der Waals surface area contributed by atoms with E-state index in [-0.39, 0.29) is 38.7 Å². The number of carbonyl (C=O) groups excluding carboxylic acids is 2. The first kappa shape index (κ1) is 30.1. The van der Waals surface area contributed by atoms with Crippen LogP contribution in [-0.2, 0) is 19.6 Å². The number of rotatable bonds is 11. The van der Waals surface area contributed by atoms with Crippen LogP contribution in [0, 0.1) is 5.82 Å². The first-order valence-corrected chi connectivity index (χ1v) is 14.4. The van der Waals surface area contributed by atoms with Crippen molar-refractivity contribution >= 4 is 44.8 Å². The molecule has 0 aromatic heterocycles. The summed E-state index contributed by atoms with van der Waals surface area (Å²) in [5, 5.41) is 5.10. The fraction of sp³-hybridized carbons (Fsp3) is 0.286. The fourth-order valence-electron chi connectivity index (χ4n) is 4.28. The van der Waals surface area contributed by atoms with E-state index in [0.717, 1.165) is 29.3 Å². The maximum atomic E-state index is 13.9. The van der Waals surface area contributed by atoms with Gasteiger partial charge in [0.25, 0.3) is 15.9 Å². The maximum Gasteiger partial charge on any atom is 0.264 e. The average Bonchev–Trinajstić information content (AvgIpc) is 3.50. The van der Waals surface area contributed by atoms with E-state index in [1.54, 1.807) is 18.2 Å². The molecule has 218 valence electrons. The number of anilines is 2. The molecule has 10 nitrogen and oxygen atoms in total. The van der Waals surface area contributed by atoms with E-state index in [0.29, 0.717) is 18.9 Å². The monoisotopic (exact) mass is 605 g/mol. The quantitative estimate of drug-likeness (QED) is 0.335. The minimum absolute atomic E-state index is 0.0519. The van der Waals surface area contributed by atoms with Gasteiger partial charge < -0.3 is 24.8 Å². The van der Waals surface area contributed by atoms with Crippen molar-refractivity contribution in [3.8, 4) is 11.5 Å². The molecule has 1 fully saturated rings. The predicted octanol–water partition coefficient (Wildman–Crippen LogP) is 4.24. The van der Waals surface area contributed by atoms with E-state index in [1.807, 2.05) is 0 Å². The summed E-state index contributed by atoms with van der Waals surface area (Å²) in [6.07, 6.45) is 1.70. The molecule has 13 heteroatoms. The van der Waals surface area contributed by atoms with Crippen LogP contribution in [0.15, 0.2) is 65.6 Å². The van der Waals surface area contributed by atoms with Gasteiger partial charge in [0.1, 0.15) is 12.4 Å². The highest BCUT2D eigenvalue weighted by Crippen LogP contribution is 2.33. The second-order valence-electron chi connectivity index (χ2n) is 9.07. The van der Waals surface area contributed by atoms with Crippen LogP contribution in [0.5, 0.6) is 11.5 Å². The summed E-state index contributed by atoms with van der Waals surface area (Å²) in [7, 11) is -1.65. The van der Waals surface area contributed by atoms with Crippen LogP contribution in [0.3, 0.4) is 0 Å². The number of sulfonamides is 1. The predicted molar refractivity (Wildman–Crippen MR) is 152 cm³/mol. The lowest BCUT2D eigenvalue weighted by Crippen LogP contribution is -2.38. The number of methoxy groups -OCH3 is 2. The van der Waals surface area contributed by atoms with Gasteiger partial charge in [0.2, 0.25) is 5.91 Å². The van der Waals surface area contributed by atoms with Crippen LogP contribution < -0.4 is 24.4 Å². The van der Waals surface area contributed by atoms with Gasteiger partial charge in [0.15, 0.2) is 11.5 Å². The van der Waals surface area contributed by atoms with Crippen LogP contribution in [0.25, 0.3) is 0 Å². The number of halogens is 2. The minimum Gasteiger partial charge on any atom is -0.493 e. The van der Waals surface area contributed by atoms with Gasteiger partial charge in [0.05, 0.1) is 47.2 Å². The fourth-order valence-corrected chi connectivity index (χ4v) is 5.88. The van der Waals surface area contributed by atoms with Gasteiger partial charge >= 0.3 is 0 Å². The Morgan fingerprint density at radius 2 is 1.83 bits per heavy atom. The zero-order valence-corrected chi connectivity index (χ0v) is 23.9. The van der Waals surface area contributed by atoms with E-state index in [9.17, 15) is 22.4 Å². The SMILES string of the molecule is COc1ccc(S(=O)(=O)N(CC(=O)Nc2ccccc2C(=O)NCC2CCCO2)c2ccc(F)c(Cl)c2)cc1OC. The van der Waals surface area contributed by atoms with Crippen molar-refractivity contribution in [2.24, 2.45) is 0 Å². The highest BCUT2D eigenvalue weighted by atomic mass is 35.5. The Hall–Kier alpha value is -3.87. The molecule has 4 rings (SSSR count). The molecule has 41 heavy (non-hydrogen) atoms. The minimum atomic E-state index is -4.41. The summed E-state index contributed by atoms with van der Waals surface area (Å²) in [6.45, 7) is 0.253. The molecular weight excluding hydrogens is 577 g/mol. The smallest absolute Gasteiger partial charge is 0.264 e. The van der Waals surface area contributed by atoms with Gasteiger partial charge in [-0.05, 0) is 55.3 Å². The maximum absolute atomic E-state index is 13.9. The van der Waals surface area contributed by atoms with Crippen LogP contribution in [0.1, 0.15) is 23.2 Å². The van der Waals surface area contributed by atoms with Crippen molar-refractivity contribution in [1.29, 1.82) is 0 Å². The van der Waals surface area contributed by atoms with Crippen molar-refractivity contribution in [1.82, 2.24) is 5.32 Å². The molecule has 1 unspecified atom stereocenters. The molecular formula is C28H29ClFN3O7S. The number of amides is 2. The number of para-hydroxylation sites is 1. The molecule has 0 spiro atoms. The first-order chi connectivity index (χ1) is 19.6. The van der Waals surface area contributed by atoms with Crippen LogP contribution in [0.4, 0.5) is 15.8 Å². The first-order valence-electron chi connectivity index (χ1n) is 12.6. The highest BCUT2D eigenvalue weighted by Gasteiger charge is 2.29. The van der Waals surface area contributed by atoms with E-state index >= 15 is 0 Å². The van der Waals surface area contributed by atoms with Crippen molar-refractivity contribution in [2.45, 2.75) is 23.8 Å². The molecule has 0 aliphatic carbocycles. The molecule has 2 amide bonds. The summed E-state index contributed by atoms with van der Waals surface area (Å²) in [5.41, 5.74) is 0.324. The normalized spacial score (nSPS) is 14.8. The molecule has 3 aromatic rings. The van der Waals surface area contributed by atoms with E-state index in [1.165, 1.54) is 44.6 Å². The zero-order valence-electron chi connectivity index (χ0n) is 22.4. The Labute approximate surface area is 242 Å². The largest absolute Gasteiger partial charge is 0.493 e. The molecule has 0 radical (unpaired) electrons. The Kier molecular flexibility index (Phi) is 9.69.